The Morgan fingerprint density at radius 2 is 1.67 bits per heavy atom. The highest BCUT2D eigenvalue weighted by atomic mass is 16.7. The Kier molecular flexibility index (Phi) is 5.67. The van der Waals surface area contributed by atoms with E-state index in [-0.39, 0.29) is 18.1 Å². The van der Waals surface area contributed by atoms with E-state index in [0.717, 1.165) is 11.1 Å². The topological polar surface area (TPSA) is 54.3 Å². The highest BCUT2D eigenvalue weighted by Gasteiger charge is 2.44. The van der Waals surface area contributed by atoms with E-state index < -0.39 is 11.3 Å². The van der Waals surface area contributed by atoms with Crippen LogP contribution in [0.3, 0.4) is 0 Å². The Labute approximate surface area is 162 Å². The van der Waals surface area contributed by atoms with Crippen molar-refractivity contribution in [3.05, 3.63) is 71.8 Å². The van der Waals surface area contributed by atoms with Gasteiger partial charge in [0.25, 0.3) is 0 Å². The lowest BCUT2D eigenvalue weighted by atomic mass is 9.79. The summed E-state index contributed by atoms with van der Waals surface area (Å²) in [5.41, 5.74) is 1.21. The third kappa shape index (κ3) is 4.06. The SMILES string of the molecule is CC(C)[C@@](C#N)(N[C@H]1COC(C)(C)O[C@H]1c1ccccc1)c1ccccc1. The van der Waals surface area contributed by atoms with Gasteiger partial charge in [-0.25, -0.2) is 0 Å². The number of nitriles is 1. The van der Waals surface area contributed by atoms with Crippen LogP contribution < -0.4 is 5.32 Å². The molecule has 1 heterocycles. The molecule has 2 aromatic rings. The molecule has 2 aromatic carbocycles. The van der Waals surface area contributed by atoms with Gasteiger partial charge in [-0.1, -0.05) is 74.5 Å². The van der Waals surface area contributed by atoms with Gasteiger partial charge in [0.2, 0.25) is 0 Å². The molecular formula is C23H28N2O2. The van der Waals surface area contributed by atoms with Crippen molar-refractivity contribution in [2.75, 3.05) is 6.61 Å². The quantitative estimate of drug-likeness (QED) is 0.846. The predicted octanol–water partition coefficient (Wildman–Crippen LogP) is 4.54. The molecule has 0 saturated carbocycles. The summed E-state index contributed by atoms with van der Waals surface area (Å²) < 4.78 is 12.2. The van der Waals surface area contributed by atoms with Crippen LogP contribution in [-0.4, -0.2) is 18.4 Å². The van der Waals surface area contributed by atoms with Gasteiger partial charge >= 0.3 is 0 Å². The molecule has 0 radical (unpaired) electrons. The lowest BCUT2D eigenvalue weighted by molar-refractivity contribution is -0.287. The molecule has 1 N–H and O–H groups in total. The first kappa shape index (κ1) is 19.6. The van der Waals surface area contributed by atoms with Gasteiger partial charge in [0, 0.05) is 0 Å². The van der Waals surface area contributed by atoms with Crippen molar-refractivity contribution in [1.82, 2.24) is 5.32 Å². The van der Waals surface area contributed by atoms with Gasteiger partial charge in [-0.15, -0.1) is 0 Å². The second-order valence-corrected chi connectivity index (χ2v) is 7.85. The molecule has 1 fully saturated rings. The summed E-state index contributed by atoms with van der Waals surface area (Å²) in [4.78, 5) is 0. The number of ether oxygens (including phenoxy) is 2. The smallest absolute Gasteiger partial charge is 0.163 e. The molecule has 0 spiro atoms. The average Bonchev–Trinajstić information content (AvgIpc) is 2.68. The van der Waals surface area contributed by atoms with Crippen molar-refractivity contribution in [2.24, 2.45) is 5.92 Å². The summed E-state index contributed by atoms with van der Waals surface area (Å²) >= 11 is 0. The minimum absolute atomic E-state index is 0.0660. The number of benzene rings is 2. The van der Waals surface area contributed by atoms with Crippen molar-refractivity contribution < 1.29 is 9.47 Å². The zero-order valence-electron chi connectivity index (χ0n) is 16.5. The second-order valence-electron chi connectivity index (χ2n) is 7.85. The Bertz CT molecular complexity index is 783. The van der Waals surface area contributed by atoms with Crippen LogP contribution in [0, 0.1) is 17.2 Å². The molecule has 0 aliphatic carbocycles. The minimum atomic E-state index is -0.826. The summed E-state index contributed by atoms with van der Waals surface area (Å²) in [6.45, 7) is 8.45. The van der Waals surface area contributed by atoms with E-state index in [1.54, 1.807) is 0 Å². The fourth-order valence-electron chi connectivity index (χ4n) is 3.66. The van der Waals surface area contributed by atoms with Gasteiger partial charge in [0.1, 0.15) is 11.6 Å². The molecule has 0 unspecified atom stereocenters. The molecule has 1 saturated heterocycles. The number of nitrogens with one attached hydrogen (secondary N) is 1. The lowest BCUT2D eigenvalue weighted by Crippen LogP contribution is -2.58. The van der Waals surface area contributed by atoms with Gasteiger partial charge < -0.3 is 9.47 Å². The molecule has 0 amide bonds. The summed E-state index contributed by atoms with van der Waals surface area (Å²) in [5.74, 6) is -0.602. The first-order valence-corrected chi connectivity index (χ1v) is 9.49. The molecular weight excluding hydrogens is 336 g/mol. The van der Waals surface area contributed by atoms with Gasteiger partial charge in [0.15, 0.2) is 5.79 Å². The minimum Gasteiger partial charge on any atom is -0.349 e. The van der Waals surface area contributed by atoms with Gasteiger partial charge in [-0.2, -0.15) is 5.26 Å². The summed E-state index contributed by atoms with van der Waals surface area (Å²) in [6, 6.07) is 22.4. The number of rotatable bonds is 5. The van der Waals surface area contributed by atoms with E-state index in [1.807, 2.05) is 62.4 Å². The van der Waals surface area contributed by atoms with Crippen LogP contribution in [0.15, 0.2) is 60.7 Å². The van der Waals surface area contributed by atoms with E-state index in [0.29, 0.717) is 6.61 Å². The Balaban J connectivity index is 1.98. The first-order valence-electron chi connectivity index (χ1n) is 9.49. The van der Waals surface area contributed by atoms with E-state index in [1.165, 1.54) is 0 Å². The number of hydrogen-bond donors (Lipinski definition) is 1. The Hall–Kier alpha value is -2.19. The van der Waals surface area contributed by atoms with Crippen molar-refractivity contribution >= 4 is 0 Å². The largest absolute Gasteiger partial charge is 0.349 e. The number of nitrogens with zero attached hydrogens (tertiary/aromatic N) is 1. The Morgan fingerprint density at radius 1 is 1.07 bits per heavy atom. The van der Waals surface area contributed by atoms with Crippen LogP contribution in [0.5, 0.6) is 0 Å². The van der Waals surface area contributed by atoms with Crippen molar-refractivity contribution in [1.29, 1.82) is 5.26 Å². The monoisotopic (exact) mass is 364 g/mol. The van der Waals surface area contributed by atoms with Crippen LogP contribution in [-0.2, 0) is 15.0 Å². The van der Waals surface area contributed by atoms with E-state index in [9.17, 15) is 5.26 Å². The second kappa shape index (κ2) is 7.82. The van der Waals surface area contributed by atoms with Crippen LogP contribution in [0.1, 0.15) is 44.9 Å². The molecule has 1 aliphatic heterocycles. The predicted molar refractivity (Wildman–Crippen MR) is 106 cm³/mol. The molecule has 3 rings (SSSR count). The third-order valence-corrected chi connectivity index (χ3v) is 5.20. The van der Waals surface area contributed by atoms with Crippen LogP contribution >= 0.6 is 0 Å². The van der Waals surface area contributed by atoms with E-state index >= 15 is 0 Å². The highest BCUT2D eigenvalue weighted by Crippen LogP contribution is 2.37. The van der Waals surface area contributed by atoms with Crippen LogP contribution in [0.25, 0.3) is 0 Å². The first-order chi connectivity index (χ1) is 12.9. The maximum Gasteiger partial charge on any atom is 0.163 e. The van der Waals surface area contributed by atoms with Gasteiger partial charge in [-0.3, -0.25) is 5.32 Å². The van der Waals surface area contributed by atoms with Crippen LogP contribution in [0.2, 0.25) is 0 Å². The normalized spacial score (nSPS) is 24.1. The average molecular weight is 364 g/mol. The maximum atomic E-state index is 10.2. The van der Waals surface area contributed by atoms with E-state index in [2.05, 4.69) is 37.4 Å². The number of hydrogen-bond acceptors (Lipinski definition) is 4. The third-order valence-electron chi connectivity index (χ3n) is 5.20. The van der Waals surface area contributed by atoms with Crippen LogP contribution in [0.4, 0.5) is 0 Å². The molecule has 4 heteroatoms. The fraction of sp³-hybridized carbons (Fsp3) is 0.435. The zero-order valence-corrected chi connectivity index (χ0v) is 16.5. The van der Waals surface area contributed by atoms with Crippen molar-refractivity contribution in [2.45, 2.75) is 51.2 Å². The lowest BCUT2D eigenvalue weighted by Gasteiger charge is -2.45. The summed E-state index contributed by atoms with van der Waals surface area (Å²) in [6.07, 6.45) is -0.204. The molecule has 142 valence electrons. The summed E-state index contributed by atoms with van der Waals surface area (Å²) in [5, 5.41) is 13.8. The van der Waals surface area contributed by atoms with Gasteiger partial charge in [0.05, 0.1) is 18.7 Å². The Morgan fingerprint density at radius 3 is 2.22 bits per heavy atom. The standard InChI is InChI=1S/C23H28N2O2/c1-17(2)23(16-24,19-13-9-6-10-14-19)25-20-15-26-22(3,4)27-21(20)18-11-7-5-8-12-18/h5-14,17,20-21,25H,15H2,1-4H3/t20-,21-,23+/m0/s1. The van der Waals surface area contributed by atoms with Crippen molar-refractivity contribution in [3.63, 3.8) is 0 Å². The van der Waals surface area contributed by atoms with Gasteiger partial charge in [-0.05, 0) is 30.9 Å². The molecule has 4 nitrogen and oxygen atoms in total. The molecule has 0 bridgehead atoms. The molecule has 1 aliphatic rings. The molecule has 3 atom stereocenters. The fourth-order valence-corrected chi connectivity index (χ4v) is 3.66. The summed E-state index contributed by atoms with van der Waals surface area (Å²) in [7, 11) is 0. The highest BCUT2D eigenvalue weighted by molar-refractivity contribution is 5.33. The van der Waals surface area contributed by atoms with E-state index in [4.69, 9.17) is 9.47 Å². The molecule has 27 heavy (non-hydrogen) atoms. The van der Waals surface area contributed by atoms with Crippen molar-refractivity contribution in [3.8, 4) is 6.07 Å². The molecule has 0 aromatic heterocycles. The zero-order chi connectivity index (χ0) is 19.5. The maximum absolute atomic E-state index is 10.2.